The second-order valence-electron chi connectivity index (χ2n) is 0.997. The lowest BCUT2D eigenvalue weighted by atomic mass is 10.8. The van der Waals surface area contributed by atoms with Gasteiger partial charge in [-0.2, -0.15) is 0 Å². The van der Waals surface area contributed by atoms with Crippen LogP contribution >= 0.6 is 11.3 Å². The molecule has 0 amide bonds. The van der Waals surface area contributed by atoms with Gasteiger partial charge in [-0.25, -0.2) is 0 Å². The van der Waals surface area contributed by atoms with Crippen LogP contribution in [-0.4, -0.2) is 4.98 Å². The Morgan fingerprint density at radius 3 is 3.17 bits per heavy atom. The Morgan fingerprint density at radius 2 is 3.00 bits per heavy atom. The summed E-state index contributed by atoms with van der Waals surface area (Å²) in [4.78, 5) is 3.85. The predicted octanol–water partition coefficient (Wildman–Crippen LogP) is 1.45. The third kappa shape index (κ3) is 0.571. The first-order valence-corrected chi connectivity index (χ1v) is 2.50. The van der Waals surface area contributed by atoms with Crippen LogP contribution in [0.25, 0.3) is 0 Å². The van der Waals surface area contributed by atoms with Gasteiger partial charge in [-0.05, 0) is 6.92 Å². The lowest BCUT2D eigenvalue weighted by Gasteiger charge is -1.65. The number of nitrogens with zero attached hydrogens (tertiary/aromatic N) is 1. The number of aryl methyl sites for hydroxylation is 1. The van der Waals surface area contributed by atoms with Gasteiger partial charge in [0.1, 0.15) is 0 Å². The van der Waals surface area contributed by atoms with E-state index in [4.69, 9.17) is 1.37 Å². The van der Waals surface area contributed by atoms with E-state index in [0.717, 1.165) is 5.01 Å². The van der Waals surface area contributed by atoms with Crippen LogP contribution in [0.4, 0.5) is 0 Å². The van der Waals surface area contributed by atoms with E-state index in [-0.39, 0.29) is 0 Å². The van der Waals surface area contributed by atoms with E-state index in [2.05, 4.69) is 4.98 Å². The molecule has 1 aromatic rings. The second kappa shape index (κ2) is 1.39. The fraction of sp³-hybridized carbons (Fsp3) is 0.250. The zero-order valence-corrected chi connectivity index (χ0v) is 4.25. The van der Waals surface area contributed by atoms with E-state index >= 15 is 0 Å². The molecule has 2 heteroatoms. The van der Waals surface area contributed by atoms with Crippen molar-refractivity contribution in [3.05, 3.63) is 16.6 Å². The summed E-state index contributed by atoms with van der Waals surface area (Å²) >= 11 is 1.40. The van der Waals surface area contributed by atoms with Gasteiger partial charge in [-0.15, -0.1) is 11.3 Å². The minimum Gasteiger partial charge on any atom is -0.250 e. The Kier molecular flexibility index (Phi) is 0.635. The quantitative estimate of drug-likeness (QED) is 0.482. The first kappa shape index (κ1) is 2.75. The van der Waals surface area contributed by atoms with Gasteiger partial charge in [-0.3, -0.25) is 4.98 Å². The molecule has 6 heavy (non-hydrogen) atoms. The molecule has 0 N–H and O–H groups in total. The largest absolute Gasteiger partial charge is 0.250 e. The Balaban J connectivity index is 3.04. The molecule has 0 unspecified atom stereocenters. The minimum absolute atomic E-state index is 0.539. The van der Waals surface area contributed by atoms with Crippen molar-refractivity contribution in [2.45, 2.75) is 6.92 Å². The Labute approximate surface area is 42.1 Å². The average molecular weight is 101 g/mol. The summed E-state index contributed by atoms with van der Waals surface area (Å²) in [5, 5.41) is 1.50. The molecule has 0 fully saturated rings. The summed E-state index contributed by atoms with van der Waals surface area (Å²) in [7, 11) is 0. The second-order valence-corrected chi connectivity index (χ2v) is 2.03. The Hall–Kier alpha value is -0.370. The van der Waals surface area contributed by atoms with Crippen molar-refractivity contribution >= 4 is 11.3 Å². The summed E-state index contributed by atoms with van der Waals surface area (Å²) in [6.45, 7) is 1.89. The van der Waals surface area contributed by atoms with Gasteiger partial charge in [0.2, 0.25) is 0 Å². The van der Waals surface area contributed by atoms with Crippen LogP contribution in [0.1, 0.15) is 6.38 Å². The van der Waals surface area contributed by atoms with Crippen LogP contribution in [-0.2, 0) is 0 Å². The van der Waals surface area contributed by atoms with Crippen LogP contribution in [0.5, 0.6) is 0 Å². The molecule has 0 saturated heterocycles. The van der Waals surface area contributed by atoms with E-state index < -0.39 is 0 Å². The smallest absolute Gasteiger partial charge is 0.0893 e. The van der Waals surface area contributed by atoms with Crippen LogP contribution in [0.2, 0.25) is 0 Å². The molecule has 0 radical (unpaired) electrons. The molecule has 0 aromatic carbocycles. The minimum atomic E-state index is 0.539. The molecule has 0 bridgehead atoms. The Morgan fingerprint density at radius 1 is 2.17 bits per heavy atom. The molecule has 0 aliphatic heterocycles. The van der Waals surface area contributed by atoms with Gasteiger partial charge in [0, 0.05) is 11.6 Å². The van der Waals surface area contributed by atoms with Gasteiger partial charge in [-0.1, -0.05) is 0 Å². The summed E-state index contributed by atoms with van der Waals surface area (Å²) in [5.74, 6) is 0. The van der Waals surface area contributed by atoms with Crippen LogP contribution in [0.3, 0.4) is 0 Å². The summed E-state index contributed by atoms with van der Waals surface area (Å²) in [6.07, 6.45) is 1.56. The number of hydrogen-bond acceptors (Lipinski definition) is 2. The highest BCUT2D eigenvalue weighted by Crippen LogP contribution is 1.98. The number of aromatic nitrogens is 1. The first-order valence-electron chi connectivity index (χ1n) is 2.18. The molecular weight excluding hydrogens is 94.1 g/mol. The highest BCUT2D eigenvalue weighted by Gasteiger charge is 1.76. The summed E-state index contributed by atoms with van der Waals surface area (Å²) in [6, 6.07) is 0. The van der Waals surface area contributed by atoms with Crippen molar-refractivity contribution in [1.29, 1.82) is 0 Å². The molecular formula is C4H5NS. The van der Waals surface area contributed by atoms with Crippen molar-refractivity contribution in [2.24, 2.45) is 0 Å². The highest BCUT2D eigenvalue weighted by atomic mass is 32.1. The van der Waals surface area contributed by atoms with E-state index in [1.54, 1.807) is 6.20 Å². The van der Waals surface area contributed by atoms with Crippen molar-refractivity contribution in [3.63, 3.8) is 0 Å². The molecule has 0 spiro atoms. The molecule has 0 saturated carbocycles. The molecule has 0 aliphatic carbocycles. The number of rotatable bonds is 0. The molecule has 1 aromatic heterocycles. The first-order chi connectivity index (χ1) is 3.29. The van der Waals surface area contributed by atoms with Crippen molar-refractivity contribution < 1.29 is 1.37 Å². The van der Waals surface area contributed by atoms with Gasteiger partial charge in [0.05, 0.1) is 6.38 Å². The third-order valence-corrected chi connectivity index (χ3v) is 1.13. The number of thiazole rings is 1. The van der Waals surface area contributed by atoms with Gasteiger partial charge >= 0.3 is 0 Å². The number of hydrogen-bond donors (Lipinski definition) is 0. The topological polar surface area (TPSA) is 12.9 Å². The van der Waals surface area contributed by atoms with Crippen LogP contribution in [0, 0.1) is 6.92 Å². The van der Waals surface area contributed by atoms with Crippen LogP contribution < -0.4 is 0 Å². The van der Waals surface area contributed by atoms with Crippen LogP contribution in [0.15, 0.2) is 11.6 Å². The zero-order valence-electron chi connectivity index (χ0n) is 4.43. The summed E-state index contributed by atoms with van der Waals surface area (Å²) < 4.78 is 6.97. The van der Waals surface area contributed by atoms with Gasteiger partial charge in [0.15, 0.2) is 0 Å². The van der Waals surface area contributed by atoms with Crippen molar-refractivity contribution in [2.75, 3.05) is 0 Å². The Bertz CT molecular complexity index is 144. The third-order valence-electron chi connectivity index (χ3n) is 0.506. The zero-order chi connectivity index (χ0) is 5.28. The molecule has 0 aliphatic rings. The highest BCUT2D eigenvalue weighted by molar-refractivity contribution is 7.09. The SMILES string of the molecule is [3H]c1cnc(C)s1. The molecule has 1 heterocycles. The molecule has 1 rings (SSSR count). The van der Waals surface area contributed by atoms with E-state index in [0.29, 0.717) is 5.36 Å². The fourth-order valence-corrected chi connectivity index (χ4v) is 0.637. The average Bonchev–Trinajstić information content (AvgIpc) is 1.87. The molecule has 0 atom stereocenters. The molecule has 32 valence electrons. The maximum Gasteiger partial charge on any atom is 0.0893 e. The predicted molar refractivity (Wildman–Crippen MR) is 26.9 cm³/mol. The maximum atomic E-state index is 6.97. The molecule has 1 nitrogen and oxygen atoms in total. The van der Waals surface area contributed by atoms with E-state index in [9.17, 15) is 0 Å². The normalized spacial score (nSPS) is 11.2. The standard InChI is InChI=1S/C4H5NS/c1-4-5-2-3-6-4/h2-3H,1H3/i3T. The van der Waals surface area contributed by atoms with Crippen molar-refractivity contribution in [1.82, 2.24) is 4.98 Å². The van der Waals surface area contributed by atoms with Gasteiger partial charge < -0.3 is 0 Å². The van der Waals surface area contributed by atoms with Crippen molar-refractivity contribution in [3.8, 4) is 0 Å². The maximum absolute atomic E-state index is 6.97. The van der Waals surface area contributed by atoms with E-state index in [1.807, 2.05) is 6.92 Å². The van der Waals surface area contributed by atoms with Gasteiger partial charge in [0.25, 0.3) is 0 Å². The summed E-state index contributed by atoms with van der Waals surface area (Å²) in [5.41, 5.74) is 0. The van der Waals surface area contributed by atoms with E-state index in [1.165, 1.54) is 11.3 Å². The fourth-order valence-electron chi connectivity index (χ4n) is 0.255. The lowest BCUT2D eigenvalue weighted by Crippen LogP contribution is -1.56. The lowest BCUT2D eigenvalue weighted by molar-refractivity contribution is 1.30. The monoisotopic (exact) mass is 101 g/mol.